The van der Waals surface area contributed by atoms with Gasteiger partial charge in [0.05, 0.1) is 6.54 Å². The van der Waals surface area contributed by atoms with Gasteiger partial charge in [0.2, 0.25) is 0 Å². The van der Waals surface area contributed by atoms with Crippen LogP contribution in [0.25, 0.3) is 0 Å². The highest BCUT2D eigenvalue weighted by Crippen LogP contribution is 2.09. The maximum atomic E-state index is 12.8. The Labute approximate surface area is 92.9 Å². The van der Waals surface area contributed by atoms with E-state index in [0.717, 1.165) is 17.0 Å². The first kappa shape index (κ1) is 10.8. The van der Waals surface area contributed by atoms with Gasteiger partial charge in [-0.05, 0) is 30.2 Å². The summed E-state index contributed by atoms with van der Waals surface area (Å²) in [4.78, 5) is 3.99. The Bertz CT molecular complexity index is 453. The number of nitrogens with one attached hydrogen (secondary N) is 2. The van der Waals surface area contributed by atoms with Gasteiger partial charge in [0, 0.05) is 6.54 Å². The number of H-pyrrole nitrogens is 1. The van der Waals surface area contributed by atoms with Gasteiger partial charge in [-0.1, -0.05) is 6.07 Å². The first-order valence-electron chi connectivity index (χ1n) is 5.05. The van der Waals surface area contributed by atoms with E-state index in [1.807, 2.05) is 6.92 Å². The molecule has 0 amide bonds. The molecule has 4 nitrogen and oxygen atoms in total. The highest BCUT2D eigenvalue weighted by atomic mass is 19.1. The third-order valence-corrected chi connectivity index (χ3v) is 2.38. The maximum absolute atomic E-state index is 12.8. The summed E-state index contributed by atoms with van der Waals surface area (Å²) in [7, 11) is 0. The van der Waals surface area contributed by atoms with Crippen LogP contribution < -0.4 is 5.32 Å². The molecule has 1 heterocycles. The summed E-state index contributed by atoms with van der Waals surface area (Å²) >= 11 is 0. The number of aromatic amines is 1. The number of hydrogen-bond acceptors (Lipinski definition) is 3. The van der Waals surface area contributed by atoms with Crippen LogP contribution >= 0.6 is 0 Å². The van der Waals surface area contributed by atoms with Crippen molar-refractivity contribution in [1.29, 1.82) is 0 Å². The molecule has 2 N–H and O–H groups in total. The van der Waals surface area contributed by atoms with Gasteiger partial charge in [0.25, 0.3) is 0 Å². The Morgan fingerprint density at radius 2 is 2.25 bits per heavy atom. The normalized spacial score (nSPS) is 10.6. The highest BCUT2D eigenvalue weighted by Gasteiger charge is 2.00. The highest BCUT2D eigenvalue weighted by molar-refractivity contribution is 5.26. The molecule has 0 bridgehead atoms. The molecule has 5 heteroatoms. The van der Waals surface area contributed by atoms with Crippen LogP contribution in [0.15, 0.2) is 24.5 Å². The minimum absolute atomic E-state index is 0.198. The van der Waals surface area contributed by atoms with Gasteiger partial charge in [0.1, 0.15) is 18.0 Å². The molecule has 0 spiro atoms. The van der Waals surface area contributed by atoms with Crippen molar-refractivity contribution in [1.82, 2.24) is 20.5 Å². The molecular formula is C11H13FN4. The van der Waals surface area contributed by atoms with Crippen LogP contribution in [0.4, 0.5) is 4.39 Å². The number of nitrogens with zero attached hydrogens (tertiary/aromatic N) is 2. The molecule has 0 fully saturated rings. The number of rotatable bonds is 4. The quantitative estimate of drug-likeness (QED) is 0.821. The van der Waals surface area contributed by atoms with Crippen molar-refractivity contribution < 1.29 is 4.39 Å². The van der Waals surface area contributed by atoms with Crippen molar-refractivity contribution in [3.63, 3.8) is 0 Å². The molecule has 1 aromatic carbocycles. The van der Waals surface area contributed by atoms with E-state index in [-0.39, 0.29) is 5.82 Å². The molecule has 1 aromatic heterocycles. The van der Waals surface area contributed by atoms with Crippen molar-refractivity contribution in [3.05, 3.63) is 47.3 Å². The van der Waals surface area contributed by atoms with Gasteiger partial charge in [-0.2, -0.15) is 5.10 Å². The lowest BCUT2D eigenvalue weighted by atomic mass is 10.1. The molecular weight excluding hydrogens is 207 g/mol. The summed E-state index contributed by atoms with van der Waals surface area (Å²) in [6, 6.07) is 4.79. The van der Waals surface area contributed by atoms with E-state index in [2.05, 4.69) is 20.5 Å². The standard InChI is InChI=1S/C11H13FN4/c1-8-4-10(12)3-2-9(8)5-13-6-11-14-7-15-16-11/h2-4,7,13H,5-6H2,1H3,(H,14,15,16). The predicted molar refractivity (Wildman–Crippen MR) is 58.1 cm³/mol. The summed E-state index contributed by atoms with van der Waals surface area (Å²) in [5, 5.41) is 9.72. The lowest BCUT2D eigenvalue weighted by molar-refractivity contribution is 0.621. The van der Waals surface area contributed by atoms with Crippen LogP contribution in [0, 0.1) is 12.7 Å². The van der Waals surface area contributed by atoms with E-state index >= 15 is 0 Å². The van der Waals surface area contributed by atoms with Gasteiger partial charge in [-0.3, -0.25) is 5.10 Å². The van der Waals surface area contributed by atoms with Crippen molar-refractivity contribution in [3.8, 4) is 0 Å². The molecule has 0 aliphatic rings. The molecule has 0 radical (unpaired) electrons. The lowest BCUT2D eigenvalue weighted by Gasteiger charge is -2.06. The second-order valence-electron chi connectivity index (χ2n) is 3.61. The average Bonchev–Trinajstić information content (AvgIpc) is 2.74. The topological polar surface area (TPSA) is 53.6 Å². The summed E-state index contributed by atoms with van der Waals surface area (Å²) in [6.07, 6.45) is 1.47. The monoisotopic (exact) mass is 220 g/mol. The summed E-state index contributed by atoms with van der Waals surface area (Å²) in [5.74, 6) is 0.594. The van der Waals surface area contributed by atoms with Gasteiger partial charge in [0.15, 0.2) is 0 Å². The zero-order valence-corrected chi connectivity index (χ0v) is 9.00. The van der Waals surface area contributed by atoms with Crippen LogP contribution in [-0.4, -0.2) is 15.2 Å². The van der Waals surface area contributed by atoms with E-state index in [0.29, 0.717) is 13.1 Å². The fourth-order valence-corrected chi connectivity index (χ4v) is 1.49. The maximum Gasteiger partial charge on any atom is 0.138 e. The van der Waals surface area contributed by atoms with Crippen LogP contribution in [0.1, 0.15) is 17.0 Å². The van der Waals surface area contributed by atoms with Crippen molar-refractivity contribution in [2.75, 3.05) is 0 Å². The van der Waals surface area contributed by atoms with Gasteiger partial charge < -0.3 is 5.32 Å². The summed E-state index contributed by atoms with van der Waals surface area (Å²) in [5.41, 5.74) is 2.03. The average molecular weight is 220 g/mol. The van der Waals surface area contributed by atoms with Crippen molar-refractivity contribution in [2.24, 2.45) is 0 Å². The second kappa shape index (κ2) is 4.85. The molecule has 0 atom stereocenters. The number of benzene rings is 1. The molecule has 0 aliphatic carbocycles. The zero-order chi connectivity index (χ0) is 11.4. The number of hydrogen-bond donors (Lipinski definition) is 2. The minimum atomic E-state index is -0.198. The van der Waals surface area contributed by atoms with Gasteiger partial charge in [-0.25, -0.2) is 9.37 Å². The SMILES string of the molecule is Cc1cc(F)ccc1CNCc1ncn[nH]1. The molecule has 2 rings (SSSR count). The first-order chi connectivity index (χ1) is 7.75. The Morgan fingerprint density at radius 3 is 2.94 bits per heavy atom. The van der Waals surface area contributed by atoms with E-state index in [1.165, 1.54) is 18.5 Å². The Kier molecular flexibility index (Phi) is 3.26. The summed E-state index contributed by atoms with van der Waals surface area (Å²) < 4.78 is 12.8. The van der Waals surface area contributed by atoms with Gasteiger partial charge >= 0.3 is 0 Å². The molecule has 0 saturated carbocycles. The summed E-state index contributed by atoms with van der Waals surface area (Å²) in [6.45, 7) is 3.21. The van der Waals surface area contributed by atoms with E-state index in [1.54, 1.807) is 6.07 Å². The fourth-order valence-electron chi connectivity index (χ4n) is 1.49. The largest absolute Gasteiger partial charge is 0.306 e. The molecule has 0 aliphatic heterocycles. The molecule has 0 saturated heterocycles. The van der Waals surface area contributed by atoms with E-state index in [9.17, 15) is 4.39 Å². The lowest BCUT2D eigenvalue weighted by Crippen LogP contribution is -2.14. The third-order valence-electron chi connectivity index (χ3n) is 2.38. The predicted octanol–water partition coefficient (Wildman–Crippen LogP) is 1.54. The third kappa shape index (κ3) is 2.64. The Hall–Kier alpha value is -1.75. The second-order valence-corrected chi connectivity index (χ2v) is 3.61. The Balaban J connectivity index is 1.90. The molecule has 2 aromatic rings. The molecule has 0 unspecified atom stereocenters. The molecule has 84 valence electrons. The first-order valence-corrected chi connectivity index (χ1v) is 5.05. The zero-order valence-electron chi connectivity index (χ0n) is 9.00. The van der Waals surface area contributed by atoms with Crippen LogP contribution in [0.2, 0.25) is 0 Å². The Morgan fingerprint density at radius 1 is 1.38 bits per heavy atom. The number of aromatic nitrogens is 3. The van der Waals surface area contributed by atoms with Crippen molar-refractivity contribution in [2.45, 2.75) is 20.0 Å². The van der Waals surface area contributed by atoms with Crippen LogP contribution in [-0.2, 0) is 13.1 Å². The smallest absolute Gasteiger partial charge is 0.138 e. The van der Waals surface area contributed by atoms with Crippen LogP contribution in [0.5, 0.6) is 0 Å². The number of aryl methyl sites for hydroxylation is 1. The fraction of sp³-hybridized carbons (Fsp3) is 0.273. The minimum Gasteiger partial charge on any atom is -0.306 e. The van der Waals surface area contributed by atoms with Gasteiger partial charge in [-0.15, -0.1) is 0 Å². The van der Waals surface area contributed by atoms with Crippen LogP contribution in [0.3, 0.4) is 0 Å². The number of halogens is 1. The van der Waals surface area contributed by atoms with E-state index < -0.39 is 0 Å². The van der Waals surface area contributed by atoms with E-state index in [4.69, 9.17) is 0 Å². The van der Waals surface area contributed by atoms with Crippen molar-refractivity contribution >= 4 is 0 Å². The molecule has 16 heavy (non-hydrogen) atoms.